The number of hydrogen-bond donors (Lipinski definition) is 3. The molecule has 1 aromatic carbocycles. The van der Waals surface area contributed by atoms with Crippen molar-refractivity contribution in [1.82, 2.24) is 10.0 Å². The van der Waals surface area contributed by atoms with Crippen LogP contribution in [0.15, 0.2) is 35.2 Å². The number of carboxylic acid groups (broad SMARTS) is 1. The van der Waals surface area contributed by atoms with Crippen molar-refractivity contribution in [3.63, 3.8) is 0 Å². The van der Waals surface area contributed by atoms with Crippen LogP contribution in [0.25, 0.3) is 0 Å². The molecule has 2 heterocycles. The molecule has 1 aliphatic rings. The molecule has 1 aromatic heterocycles. The number of carboxylic acids is 1. The predicted molar refractivity (Wildman–Crippen MR) is 116 cm³/mol. The number of nitrogens with zero attached hydrogens (tertiary/aromatic N) is 1. The summed E-state index contributed by atoms with van der Waals surface area (Å²) in [6.07, 6.45) is -2.67. The van der Waals surface area contributed by atoms with Crippen molar-refractivity contribution in [3.05, 3.63) is 45.1 Å². The van der Waals surface area contributed by atoms with Crippen molar-refractivity contribution in [2.24, 2.45) is 0 Å². The van der Waals surface area contributed by atoms with Crippen LogP contribution in [0.1, 0.15) is 34.5 Å². The molecule has 9 nitrogen and oxygen atoms in total. The number of carbonyl (C=O) groups excluding carboxylic acids is 2. The minimum absolute atomic E-state index is 0.147. The monoisotopic (exact) mass is 521 g/mol. The topological polar surface area (TPSA) is 133 Å². The number of thiophene rings is 1. The van der Waals surface area contributed by atoms with Gasteiger partial charge in [0.1, 0.15) is 6.04 Å². The van der Waals surface area contributed by atoms with Gasteiger partial charge in [-0.1, -0.05) is 17.7 Å². The summed E-state index contributed by atoms with van der Waals surface area (Å²) >= 11 is 6.69. The van der Waals surface area contributed by atoms with Gasteiger partial charge in [0.05, 0.1) is 25.4 Å². The number of halogens is 3. The van der Waals surface area contributed by atoms with Gasteiger partial charge in [-0.3, -0.25) is 14.4 Å². The van der Waals surface area contributed by atoms with E-state index in [4.69, 9.17) is 11.6 Å². The highest BCUT2D eigenvalue weighted by Crippen LogP contribution is 2.37. The van der Waals surface area contributed by atoms with E-state index < -0.39 is 57.3 Å². The van der Waals surface area contributed by atoms with Gasteiger partial charge in [0.15, 0.2) is 0 Å². The highest BCUT2D eigenvalue weighted by molar-refractivity contribution is 7.89. The van der Waals surface area contributed by atoms with E-state index in [1.165, 1.54) is 24.3 Å². The molecule has 0 spiro atoms. The number of sulfonamides is 1. The first-order valence-corrected chi connectivity index (χ1v) is 12.2. The summed E-state index contributed by atoms with van der Waals surface area (Å²) in [7, 11) is -4.78. The smallest absolute Gasteiger partial charge is 0.323 e. The standard InChI is InChI=1S/C19H18ClF2N3O6S2/c20-14-7-6-12(32-14)18(27)23-9-10(19(28)29)24-33(30,31)13-4-1-3-11(16(13)17(21)22)25-8-2-5-15(25)26/h1,3-4,6-7,10,17,24H,2,5,8-9H2,(H,23,27)(H,28,29)/t10-/m0/s1. The summed E-state index contributed by atoms with van der Waals surface area (Å²) in [6, 6.07) is 4.32. The fourth-order valence-corrected chi connectivity index (χ4v) is 5.66. The van der Waals surface area contributed by atoms with Gasteiger partial charge in [0.2, 0.25) is 15.9 Å². The summed E-state index contributed by atoms with van der Waals surface area (Å²) in [6.45, 7) is -0.497. The molecular weight excluding hydrogens is 504 g/mol. The largest absolute Gasteiger partial charge is 0.480 e. The number of nitrogens with one attached hydrogen (secondary N) is 2. The molecule has 0 saturated carbocycles. The number of anilines is 1. The average molecular weight is 522 g/mol. The molecular formula is C19H18ClF2N3O6S2. The molecule has 1 saturated heterocycles. The highest BCUT2D eigenvalue weighted by Gasteiger charge is 2.34. The summed E-state index contributed by atoms with van der Waals surface area (Å²) in [5, 5.41) is 11.7. The van der Waals surface area contributed by atoms with Crippen LogP contribution in [0.5, 0.6) is 0 Å². The van der Waals surface area contributed by atoms with Crippen LogP contribution >= 0.6 is 22.9 Å². The number of hydrogen-bond acceptors (Lipinski definition) is 6. The van der Waals surface area contributed by atoms with Crippen LogP contribution in [0.2, 0.25) is 4.34 Å². The van der Waals surface area contributed by atoms with Gasteiger partial charge in [-0.05, 0) is 30.7 Å². The predicted octanol–water partition coefficient (Wildman–Crippen LogP) is 2.63. The van der Waals surface area contributed by atoms with Crippen LogP contribution in [0.4, 0.5) is 14.5 Å². The molecule has 0 radical (unpaired) electrons. The van der Waals surface area contributed by atoms with E-state index in [9.17, 15) is 36.7 Å². The third-order valence-electron chi connectivity index (χ3n) is 4.77. The molecule has 33 heavy (non-hydrogen) atoms. The number of benzene rings is 1. The molecule has 178 valence electrons. The van der Waals surface area contributed by atoms with E-state index in [1.54, 1.807) is 0 Å². The zero-order valence-corrected chi connectivity index (χ0v) is 19.1. The summed E-state index contributed by atoms with van der Waals surface area (Å²) in [4.78, 5) is 36.2. The summed E-state index contributed by atoms with van der Waals surface area (Å²) in [5.74, 6) is -2.73. The molecule has 3 rings (SSSR count). The Morgan fingerprint density at radius 3 is 2.52 bits per heavy atom. The Labute approximate surface area is 196 Å². The number of rotatable bonds is 9. The van der Waals surface area contributed by atoms with Gasteiger partial charge in [0.25, 0.3) is 12.3 Å². The van der Waals surface area contributed by atoms with E-state index in [2.05, 4.69) is 5.32 Å². The highest BCUT2D eigenvalue weighted by atomic mass is 35.5. The molecule has 1 aliphatic heterocycles. The second kappa shape index (κ2) is 10.1. The van der Waals surface area contributed by atoms with Gasteiger partial charge in [-0.15, -0.1) is 11.3 Å². The Kier molecular flexibility index (Phi) is 7.67. The fraction of sp³-hybridized carbons (Fsp3) is 0.316. The molecule has 14 heteroatoms. The van der Waals surface area contributed by atoms with Crippen molar-refractivity contribution in [3.8, 4) is 0 Å². The zero-order valence-electron chi connectivity index (χ0n) is 16.8. The van der Waals surface area contributed by atoms with E-state index in [0.29, 0.717) is 10.8 Å². The maximum absolute atomic E-state index is 13.9. The lowest BCUT2D eigenvalue weighted by molar-refractivity contribution is -0.138. The minimum atomic E-state index is -4.78. The van der Waals surface area contributed by atoms with Crippen LogP contribution in [0, 0.1) is 0 Å². The van der Waals surface area contributed by atoms with E-state index in [1.807, 2.05) is 4.72 Å². The first-order chi connectivity index (χ1) is 15.5. The van der Waals surface area contributed by atoms with E-state index >= 15 is 0 Å². The second-order valence-corrected chi connectivity index (χ2v) is 10.4. The Morgan fingerprint density at radius 2 is 1.97 bits per heavy atom. The molecule has 0 bridgehead atoms. The van der Waals surface area contributed by atoms with Gasteiger partial charge < -0.3 is 15.3 Å². The van der Waals surface area contributed by atoms with Gasteiger partial charge >= 0.3 is 5.97 Å². The molecule has 2 aromatic rings. The van der Waals surface area contributed by atoms with Crippen molar-refractivity contribution in [2.45, 2.75) is 30.2 Å². The van der Waals surface area contributed by atoms with E-state index in [-0.39, 0.29) is 23.5 Å². The average Bonchev–Trinajstić information content (AvgIpc) is 3.38. The molecule has 0 unspecified atom stereocenters. The zero-order chi connectivity index (χ0) is 24.3. The Bertz CT molecular complexity index is 1190. The molecule has 1 fully saturated rings. The van der Waals surface area contributed by atoms with Gasteiger partial charge in [-0.25, -0.2) is 17.2 Å². The Balaban J connectivity index is 1.86. The number of aliphatic carboxylic acids is 1. The third kappa shape index (κ3) is 5.66. The Hall–Kier alpha value is -2.61. The number of amides is 2. The third-order valence-corrected chi connectivity index (χ3v) is 7.53. The number of alkyl halides is 2. The maximum atomic E-state index is 13.9. The summed E-state index contributed by atoms with van der Waals surface area (Å²) in [5.41, 5.74) is -1.15. The number of carbonyl (C=O) groups is 3. The Morgan fingerprint density at radius 1 is 1.24 bits per heavy atom. The van der Waals surface area contributed by atoms with Crippen LogP contribution < -0.4 is 14.9 Å². The van der Waals surface area contributed by atoms with Crippen molar-refractivity contribution in [2.75, 3.05) is 18.0 Å². The maximum Gasteiger partial charge on any atom is 0.323 e. The van der Waals surface area contributed by atoms with Crippen LogP contribution in [-0.2, 0) is 19.6 Å². The lowest BCUT2D eigenvalue weighted by Crippen LogP contribution is -2.48. The molecule has 0 aliphatic carbocycles. The molecule has 2 amide bonds. The van der Waals surface area contributed by atoms with Crippen LogP contribution in [-0.4, -0.2) is 50.4 Å². The lowest BCUT2D eigenvalue weighted by Gasteiger charge is -2.22. The van der Waals surface area contributed by atoms with Crippen molar-refractivity contribution in [1.29, 1.82) is 0 Å². The minimum Gasteiger partial charge on any atom is -0.480 e. The van der Waals surface area contributed by atoms with Gasteiger partial charge in [-0.2, -0.15) is 4.72 Å². The lowest BCUT2D eigenvalue weighted by atomic mass is 10.1. The second-order valence-electron chi connectivity index (χ2n) is 6.96. The fourth-order valence-electron chi connectivity index (χ4n) is 3.27. The quantitative estimate of drug-likeness (QED) is 0.464. The molecule has 1 atom stereocenters. The van der Waals surface area contributed by atoms with Crippen molar-refractivity contribution < 1.29 is 36.7 Å². The van der Waals surface area contributed by atoms with Gasteiger partial charge in [0, 0.05) is 19.5 Å². The molecule has 3 N–H and O–H groups in total. The van der Waals surface area contributed by atoms with Crippen molar-refractivity contribution >= 4 is 56.4 Å². The van der Waals surface area contributed by atoms with Crippen LogP contribution in [0.3, 0.4) is 0 Å². The SMILES string of the molecule is O=C(NC[C@H](NS(=O)(=O)c1cccc(N2CCCC2=O)c1C(F)F)C(=O)O)c1ccc(Cl)s1. The normalized spacial score (nSPS) is 15.2. The first kappa shape index (κ1) is 25.0. The first-order valence-electron chi connectivity index (χ1n) is 9.51. The summed E-state index contributed by atoms with van der Waals surface area (Å²) < 4.78 is 55.8. The van der Waals surface area contributed by atoms with E-state index in [0.717, 1.165) is 22.3 Å².